The van der Waals surface area contributed by atoms with Gasteiger partial charge in [-0.25, -0.2) is 8.42 Å². The Kier molecular flexibility index (Phi) is 5.21. The SMILES string of the molecule is CC1(C)c2ccccc2N(c2ccc3c(c2)[N+](O)(O)C2c4ccc(C5C=CC=CC5)cc4S(=O)(=O)C32)c2ccccc21. The van der Waals surface area contributed by atoms with E-state index >= 15 is 0 Å². The number of rotatable bonds is 2. The number of nitrogens with zero attached hydrogens (tertiary/aromatic N) is 2. The minimum absolute atomic E-state index is 0.0913. The minimum atomic E-state index is -3.87. The van der Waals surface area contributed by atoms with Gasteiger partial charge in [-0.05, 0) is 58.3 Å². The lowest BCUT2D eigenvalue weighted by Gasteiger charge is -2.42. The number of benzene rings is 4. The van der Waals surface area contributed by atoms with Crippen LogP contribution in [0.3, 0.4) is 0 Å². The summed E-state index contributed by atoms with van der Waals surface area (Å²) in [6.07, 6.45) is 8.90. The van der Waals surface area contributed by atoms with E-state index in [1.54, 1.807) is 24.3 Å². The topological polar surface area (TPSA) is 77.8 Å². The maximum absolute atomic E-state index is 14.1. The third kappa shape index (κ3) is 3.28. The summed E-state index contributed by atoms with van der Waals surface area (Å²) in [6.45, 7) is 4.43. The molecule has 0 amide bonds. The summed E-state index contributed by atoms with van der Waals surface area (Å²) in [4.78, 5) is 0.818. The van der Waals surface area contributed by atoms with Crippen LogP contribution in [0.15, 0.2) is 114 Å². The van der Waals surface area contributed by atoms with Crippen molar-refractivity contribution in [1.82, 2.24) is 4.81 Å². The largest absolute Gasteiger partial charge is 0.310 e. The van der Waals surface area contributed by atoms with Crippen molar-refractivity contribution in [3.63, 3.8) is 0 Å². The van der Waals surface area contributed by atoms with Crippen molar-refractivity contribution in [2.75, 3.05) is 4.90 Å². The first-order valence-electron chi connectivity index (χ1n) is 14.3. The number of hydroxylamine groups is 2. The van der Waals surface area contributed by atoms with Gasteiger partial charge in [-0.1, -0.05) is 86.7 Å². The van der Waals surface area contributed by atoms with Crippen LogP contribution in [-0.2, 0) is 15.3 Å². The first kappa shape index (κ1) is 25.7. The summed E-state index contributed by atoms with van der Waals surface area (Å²) in [6, 6.07) is 26.2. The molecule has 210 valence electrons. The fraction of sp³-hybridized carbons (Fsp3) is 0.200. The molecule has 0 aromatic heterocycles. The van der Waals surface area contributed by atoms with Gasteiger partial charge in [0, 0.05) is 28.5 Å². The van der Waals surface area contributed by atoms with Crippen molar-refractivity contribution >= 4 is 32.6 Å². The number of para-hydroxylation sites is 2. The van der Waals surface area contributed by atoms with E-state index in [-0.39, 0.29) is 21.9 Å². The Labute approximate surface area is 245 Å². The number of quaternary nitrogens is 1. The van der Waals surface area contributed by atoms with Crippen LogP contribution in [-0.4, -0.2) is 18.8 Å². The number of anilines is 3. The third-order valence-electron chi connectivity index (χ3n) is 9.65. The molecular weight excluding hydrogens is 544 g/mol. The molecule has 0 bridgehead atoms. The van der Waals surface area contributed by atoms with Gasteiger partial charge in [0.15, 0.2) is 15.1 Å². The molecule has 8 rings (SSSR count). The van der Waals surface area contributed by atoms with E-state index in [4.69, 9.17) is 0 Å². The molecule has 0 saturated heterocycles. The Morgan fingerprint density at radius 3 is 2.17 bits per heavy atom. The van der Waals surface area contributed by atoms with Crippen LogP contribution in [0, 0.1) is 0 Å². The highest BCUT2D eigenvalue weighted by Gasteiger charge is 2.65. The van der Waals surface area contributed by atoms with Gasteiger partial charge in [0.2, 0.25) is 11.7 Å². The molecule has 3 unspecified atom stereocenters. The standard InChI is InChI=1S/C35H31N2O4S/c1-35(2)27-12-6-8-14-29(27)36(30-15-9-7-13-28(30)35)24-17-19-25-31(21-24)37(38,39)33-26-18-16-23(22-10-4-3-5-11-22)20-32(26)42(40,41)34(25)33/h3-10,12-22,33-34,38-39H,11H2,1-2H3/q+1. The first-order chi connectivity index (χ1) is 20.1. The van der Waals surface area contributed by atoms with E-state index in [0.29, 0.717) is 11.1 Å². The van der Waals surface area contributed by atoms with Crippen LogP contribution >= 0.6 is 0 Å². The second kappa shape index (κ2) is 8.52. The Balaban J connectivity index is 1.27. The van der Waals surface area contributed by atoms with Gasteiger partial charge < -0.3 is 4.90 Å². The zero-order valence-electron chi connectivity index (χ0n) is 23.3. The van der Waals surface area contributed by atoms with Gasteiger partial charge >= 0.3 is 0 Å². The number of hydrogen-bond donors (Lipinski definition) is 2. The second-order valence-electron chi connectivity index (χ2n) is 12.3. The smallest absolute Gasteiger partial charge is 0.207 e. The van der Waals surface area contributed by atoms with E-state index < -0.39 is 25.9 Å². The van der Waals surface area contributed by atoms with E-state index in [0.717, 1.165) is 40.2 Å². The molecule has 4 aliphatic rings. The van der Waals surface area contributed by atoms with Crippen molar-refractivity contribution < 1.29 is 18.8 Å². The summed E-state index contributed by atoms with van der Waals surface area (Å²) in [5.74, 6) is 0.0913. The zero-order chi connectivity index (χ0) is 29.0. The van der Waals surface area contributed by atoms with Crippen LogP contribution in [0.25, 0.3) is 0 Å². The van der Waals surface area contributed by atoms with Crippen LogP contribution in [0.2, 0.25) is 0 Å². The molecule has 42 heavy (non-hydrogen) atoms. The van der Waals surface area contributed by atoms with E-state index in [1.807, 2.05) is 48.6 Å². The van der Waals surface area contributed by atoms with Crippen molar-refractivity contribution in [2.24, 2.45) is 0 Å². The molecule has 7 heteroatoms. The Morgan fingerprint density at radius 2 is 1.50 bits per heavy atom. The predicted octanol–water partition coefficient (Wildman–Crippen LogP) is 8.06. The van der Waals surface area contributed by atoms with Crippen molar-refractivity contribution in [3.05, 3.63) is 137 Å². The number of sulfone groups is 1. The van der Waals surface area contributed by atoms with Crippen LogP contribution in [0.1, 0.15) is 65.3 Å². The molecule has 3 heterocycles. The lowest BCUT2D eigenvalue weighted by Crippen LogP contribution is -2.43. The fourth-order valence-corrected chi connectivity index (χ4v) is 9.86. The molecular formula is C35H31N2O4S+. The van der Waals surface area contributed by atoms with Gasteiger partial charge in [-0.15, -0.1) is 0 Å². The average Bonchev–Trinajstić information content (AvgIpc) is 3.39. The lowest BCUT2D eigenvalue weighted by molar-refractivity contribution is -0.311. The number of fused-ring (bicyclic) bond motifs is 7. The van der Waals surface area contributed by atoms with Crippen LogP contribution in [0.4, 0.5) is 22.7 Å². The summed E-state index contributed by atoms with van der Waals surface area (Å²) < 4.78 is 28.1. The molecule has 0 spiro atoms. The number of allylic oxidation sites excluding steroid dienone is 4. The van der Waals surface area contributed by atoms with E-state index in [9.17, 15) is 18.8 Å². The minimum Gasteiger partial charge on any atom is -0.310 e. The van der Waals surface area contributed by atoms with E-state index in [2.05, 4.69) is 55.2 Å². The Bertz CT molecular complexity index is 1930. The maximum atomic E-state index is 14.1. The van der Waals surface area contributed by atoms with Gasteiger partial charge in [0.25, 0.3) is 0 Å². The monoisotopic (exact) mass is 575 g/mol. The highest BCUT2D eigenvalue weighted by Crippen LogP contribution is 2.62. The van der Waals surface area contributed by atoms with Gasteiger partial charge in [0.1, 0.15) is 0 Å². The Morgan fingerprint density at radius 1 is 0.833 bits per heavy atom. The second-order valence-corrected chi connectivity index (χ2v) is 14.3. The third-order valence-corrected chi connectivity index (χ3v) is 11.8. The molecule has 3 aliphatic heterocycles. The molecule has 1 aliphatic carbocycles. The molecule has 0 fully saturated rings. The quantitative estimate of drug-likeness (QED) is 0.236. The average molecular weight is 576 g/mol. The van der Waals surface area contributed by atoms with Gasteiger partial charge in [-0.2, -0.15) is 10.4 Å². The molecule has 4 aromatic carbocycles. The highest BCUT2D eigenvalue weighted by atomic mass is 32.2. The molecule has 0 saturated carbocycles. The van der Waals surface area contributed by atoms with Crippen molar-refractivity contribution in [3.8, 4) is 0 Å². The normalized spacial score (nSPS) is 24.9. The van der Waals surface area contributed by atoms with Crippen molar-refractivity contribution in [1.29, 1.82) is 0 Å². The predicted molar refractivity (Wildman–Crippen MR) is 163 cm³/mol. The first-order valence-corrected chi connectivity index (χ1v) is 15.9. The summed E-state index contributed by atoms with van der Waals surface area (Å²) in [7, 11) is -3.87. The highest BCUT2D eigenvalue weighted by molar-refractivity contribution is 7.92. The molecule has 2 N–H and O–H groups in total. The van der Waals surface area contributed by atoms with E-state index in [1.165, 1.54) is 0 Å². The fourth-order valence-electron chi connectivity index (χ4n) is 7.58. The van der Waals surface area contributed by atoms with Crippen LogP contribution < -0.4 is 9.71 Å². The van der Waals surface area contributed by atoms with Gasteiger partial charge in [0.05, 0.1) is 22.0 Å². The molecule has 0 radical (unpaired) electrons. The molecule has 4 aromatic rings. The molecule has 3 atom stereocenters. The zero-order valence-corrected chi connectivity index (χ0v) is 24.2. The van der Waals surface area contributed by atoms with Gasteiger partial charge in [-0.3, -0.25) is 0 Å². The summed E-state index contributed by atoms with van der Waals surface area (Å²) in [5, 5.41) is 22.3. The Hall–Kier alpha value is -4.01. The summed E-state index contributed by atoms with van der Waals surface area (Å²) >= 11 is 0. The van der Waals surface area contributed by atoms with Crippen LogP contribution in [0.5, 0.6) is 0 Å². The maximum Gasteiger partial charge on any atom is 0.207 e. The number of hydrogen-bond acceptors (Lipinski definition) is 5. The lowest BCUT2D eigenvalue weighted by atomic mass is 9.73. The molecule has 6 nitrogen and oxygen atoms in total. The van der Waals surface area contributed by atoms with Crippen molar-refractivity contribution in [2.45, 2.75) is 47.8 Å². The summed E-state index contributed by atoms with van der Waals surface area (Å²) in [5.41, 5.74) is 6.79.